The summed E-state index contributed by atoms with van der Waals surface area (Å²) in [5.74, 6) is 0.912. The first-order valence-electron chi connectivity index (χ1n) is 9.21. The predicted molar refractivity (Wildman–Crippen MR) is 101 cm³/mol. The molecule has 26 heavy (non-hydrogen) atoms. The van der Waals surface area contributed by atoms with Crippen LogP contribution < -0.4 is 10.6 Å². The zero-order chi connectivity index (χ0) is 18.8. The molecule has 0 atom stereocenters. The fourth-order valence-electron chi connectivity index (χ4n) is 3.10. The van der Waals surface area contributed by atoms with Crippen molar-refractivity contribution >= 4 is 5.91 Å². The van der Waals surface area contributed by atoms with Crippen molar-refractivity contribution in [2.75, 3.05) is 19.6 Å². The van der Waals surface area contributed by atoms with Gasteiger partial charge in [-0.1, -0.05) is 45.0 Å². The molecule has 1 amide bonds. The summed E-state index contributed by atoms with van der Waals surface area (Å²) < 4.78 is 5.43. The van der Waals surface area contributed by atoms with Gasteiger partial charge in [-0.15, -0.1) is 0 Å². The number of carbonyl (C=O) groups excluding carboxylic acids is 1. The first-order valence-corrected chi connectivity index (χ1v) is 9.21. The van der Waals surface area contributed by atoms with E-state index in [0.717, 1.165) is 25.9 Å². The number of rotatable bonds is 4. The quantitative estimate of drug-likeness (QED) is 0.880. The summed E-state index contributed by atoms with van der Waals surface area (Å²) in [7, 11) is 0. The van der Waals surface area contributed by atoms with Gasteiger partial charge in [-0.05, 0) is 43.5 Å². The molecule has 0 unspecified atom stereocenters. The molecule has 6 heteroatoms. The molecule has 1 aliphatic rings. The van der Waals surface area contributed by atoms with Gasteiger partial charge in [-0.2, -0.15) is 4.98 Å². The number of piperidine rings is 1. The topological polar surface area (TPSA) is 80.1 Å². The van der Waals surface area contributed by atoms with Crippen LogP contribution in [0.5, 0.6) is 0 Å². The Morgan fingerprint density at radius 3 is 2.62 bits per heavy atom. The lowest BCUT2D eigenvalue weighted by molar-refractivity contribution is 0.0922. The zero-order valence-electron chi connectivity index (χ0n) is 16.1. The highest BCUT2D eigenvalue weighted by molar-refractivity contribution is 5.99. The maximum Gasteiger partial charge on any atom is 0.258 e. The highest BCUT2D eigenvalue weighted by Crippen LogP contribution is 2.28. The molecule has 0 saturated carbocycles. The predicted octanol–water partition coefficient (Wildman–Crippen LogP) is 3.15. The maximum atomic E-state index is 12.8. The van der Waals surface area contributed by atoms with Gasteiger partial charge in [-0.3, -0.25) is 4.79 Å². The molecule has 1 saturated heterocycles. The van der Waals surface area contributed by atoms with Crippen molar-refractivity contribution in [3.8, 4) is 11.5 Å². The largest absolute Gasteiger partial charge is 0.351 e. The van der Waals surface area contributed by atoms with Crippen LogP contribution in [0.1, 0.15) is 56.7 Å². The molecular weight excluding hydrogens is 328 g/mol. The summed E-state index contributed by atoms with van der Waals surface area (Å²) in [5, 5.41) is 10.5. The molecule has 1 fully saturated rings. The summed E-state index contributed by atoms with van der Waals surface area (Å²) in [4.78, 5) is 17.3. The van der Waals surface area contributed by atoms with Crippen molar-refractivity contribution < 1.29 is 9.32 Å². The lowest BCUT2D eigenvalue weighted by atomic mass is 9.81. The number of aromatic nitrogens is 2. The summed E-state index contributed by atoms with van der Waals surface area (Å²) in [6, 6.07) is 7.38. The van der Waals surface area contributed by atoms with Gasteiger partial charge >= 0.3 is 0 Å². The highest BCUT2D eigenvalue weighted by atomic mass is 16.5. The Morgan fingerprint density at radius 2 is 1.96 bits per heavy atom. The Kier molecular flexibility index (Phi) is 5.14. The van der Waals surface area contributed by atoms with E-state index in [1.54, 1.807) is 6.07 Å². The minimum Gasteiger partial charge on any atom is -0.351 e. The molecule has 6 nitrogen and oxygen atoms in total. The maximum absolute atomic E-state index is 12.8. The van der Waals surface area contributed by atoms with Crippen molar-refractivity contribution in [3.05, 3.63) is 35.7 Å². The molecule has 2 heterocycles. The van der Waals surface area contributed by atoms with Gasteiger partial charge in [-0.25, -0.2) is 0 Å². The molecule has 2 N–H and O–H groups in total. The molecule has 1 aromatic heterocycles. The Bertz CT molecular complexity index is 770. The standard InChI is InChI=1S/C20H28N4O2/c1-19(2,3)18-23-17(26-24-18)15-8-6-5-7-14(15)16(25)22-13-20(4)9-11-21-12-10-20/h5-8,21H,9-13H2,1-4H3,(H,22,25). The van der Waals surface area contributed by atoms with Gasteiger partial charge in [0.05, 0.1) is 11.1 Å². The molecule has 0 radical (unpaired) electrons. The average molecular weight is 356 g/mol. The molecule has 140 valence electrons. The van der Waals surface area contributed by atoms with Crippen LogP contribution in [0.3, 0.4) is 0 Å². The second-order valence-electron chi connectivity index (χ2n) is 8.46. The number of hydrogen-bond donors (Lipinski definition) is 2. The van der Waals surface area contributed by atoms with Gasteiger partial charge in [0.2, 0.25) is 0 Å². The van der Waals surface area contributed by atoms with Gasteiger partial charge in [0.15, 0.2) is 5.82 Å². The van der Waals surface area contributed by atoms with Crippen LogP contribution in [0, 0.1) is 5.41 Å². The van der Waals surface area contributed by atoms with Crippen molar-refractivity contribution in [1.29, 1.82) is 0 Å². The molecule has 0 bridgehead atoms. The Balaban J connectivity index is 1.78. The van der Waals surface area contributed by atoms with E-state index < -0.39 is 0 Å². The number of benzene rings is 1. The smallest absolute Gasteiger partial charge is 0.258 e. The first kappa shape index (κ1) is 18.6. The van der Waals surface area contributed by atoms with Crippen molar-refractivity contribution in [3.63, 3.8) is 0 Å². The average Bonchev–Trinajstić information content (AvgIpc) is 3.11. The summed E-state index contributed by atoms with van der Waals surface area (Å²) >= 11 is 0. The minimum atomic E-state index is -0.206. The second-order valence-corrected chi connectivity index (χ2v) is 8.46. The first-order chi connectivity index (χ1) is 12.3. The minimum absolute atomic E-state index is 0.101. The van der Waals surface area contributed by atoms with Crippen LogP contribution in [0.2, 0.25) is 0 Å². The lowest BCUT2D eigenvalue weighted by Crippen LogP contribution is -2.43. The molecule has 1 aromatic carbocycles. The SMILES string of the molecule is CC1(CNC(=O)c2ccccc2-c2nc(C(C)(C)C)no2)CCNCC1. The molecule has 1 aliphatic heterocycles. The van der Waals surface area contributed by atoms with Gasteiger partial charge in [0, 0.05) is 12.0 Å². The normalized spacial score (nSPS) is 17.1. The van der Waals surface area contributed by atoms with E-state index in [1.807, 2.05) is 39.0 Å². The summed E-state index contributed by atoms with van der Waals surface area (Å²) in [6.45, 7) is 11.0. The third-order valence-corrected chi connectivity index (χ3v) is 4.99. The van der Waals surface area contributed by atoms with E-state index in [1.165, 1.54) is 0 Å². The van der Waals surface area contributed by atoms with Crippen LogP contribution in [0.4, 0.5) is 0 Å². The number of nitrogens with one attached hydrogen (secondary N) is 2. The van der Waals surface area contributed by atoms with E-state index in [2.05, 4.69) is 27.7 Å². The van der Waals surface area contributed by atoms with E-state index in [0.29, 0.717) is 29.4 Å². The summed E-state index contributed by atoms with van der Waals surface area (Å²) in [5.41, 5.74) is 1.17. The summed E-state index contributed by atoms with van der Waals surface area (Å²) in [6.07, 6.45) is 2.13. The van der Waals surface area contributed by atoms with Crippen molar-refractivity contribution in [1.82, 2.24) is 20.8 Å². The monoisotopic (exact) mass is 356 g/mol. The molecule has 0 spiro atoms. The van der Waals surface area contributed by atoms with E-state index in [4.69, 9.17) is 4.52 Å². The van der Waals surface area contributed by atoms with Crippen LogP contribution in [0.15, 0.2) is 28.8 Å². The third kappa shape index (κ3) is 4.12. The van der Waals surface area contributed by atoms with Crippen LogP contribution in [-0.2, 0) is 5.41 Å². The van der Waals surface area contributed by atoms with Gasteiger partial charge in [0.25, 0.3) is 11.8 Å². The Labute approximate surface area is 154 Å². The third-order valence-electron chi connectivity index (χ3n) is 4.99. The number of hydrogen-bond acceptors (Lipinski definition) is 5. The molecule has 2 aromatic rings. The molecule has 0 aliphatic carbocycles. The van der Waals surface area contributed by atoms with Gasteiger partial charge < -0.3 is 15.2 Å². The number of carbonyl (C=O) groups is 1. The van der Waals surface area contributed by atoms with Gasteiger partial charge in [0.1, 0.15) is 0 Å². The van der Waals surface area contributed by atoms with Crippen molar-refractivity contribution in [2.45, 2.75) is 46.0 Å². The van der Waals surface area contributed by atoms with E-state index in [9.17, 15) is 4.79 Å². The van der Waals surface area contributed by atoms with Crippen LogP contribution in [0.25, 0.3) is 11.5 Å². The highest BCUT2D eigenvalue weighted by Gasteiger charge is 2.28. The Morgan fingerprint density at radius 1 is 1.27 bits per heavy atom. The van der Waals surface area contributed by atoms with Crippen molar-refractivity contribution in [2.24, 2.45) is 5.41 Å². The molecule has 3 rings (SSSR count). The zero-order valence-corrected chi connectivity index (χ0v) is 16.1. The molecular formula is C20H28N4O2. The van der Waals surface area contributed by atoms with Crippen LogP contribution in [-0.4, -0.2) is 35.7 Å². The van der Waals surface area contributed by atoms with E-state index in [-0.39, 0.29) is 16.7 Å². The lowest BCUT2D eigenvalue weighted by Gasteiger charge is -2.34. The second kappa shape index (κ2) is 7.19. The fourth-order valence-corrected chi connectivity index (χ4v) is 3.10. The fraction of sp³-hybridized carbons (Fsp3) is 0.550. The van der Waals surface area contributed by atoms with E-state index >= 15 is 0 Å². The number of amides is 1. The number of nitrogens with zero attached hydrogens (tertiary/aromatic N) is 2. The Hall–Kier alpha value is -2.21. The van der Waals surface area contributed by atoms with Crippen LogP contribution >= 0.6 is 0 Å².